The van der Waals surface area contributed by atoms with Crippen molar-refractivity contribution in [1.82, 2.24) is 14.8 Å². The molecule has 3 rings (SSSR count). The number of rotatable bonds is 4. The molecule has 1 aliphatic heterocycles. The summed E-state index contributed by atoms with van der Waals surface area (Å²) >= 11 is 0. The van der Waals surface area contributed by atoms with Crippen molar-refractivity contribution in [3.8, 4) is 11.5 Å². The molecule has 0 atom stereocenters. The van der Waals surface area contributed by atoms with Crippen molar-refractivity contribution in [3.05, 3.63) is 54.1 Å². The Morgan fingerprint density at radius 1 is 1.19 bits per heavy atom. The topological polar surface area (TPSA) is 93.3 Å². The molecule has 1 aromatic heterocycles. The molecule has 1 amide bonds. The van der Waals surface area contributed by atoms with Gasteiger partial charge in [-0.3, -0.25) is 4.98 Å². The maximum absolute atomic E-state index is 14.4. The molecular weight excluding hydrogens is 528 g/mol. The molecule has 1 saturated heterocycles. The number of aliphatic imine (C=N–C) groups is 1. The van der Waals surface area contributed by atoms with Crippen LogP contribution in [0.25, 0.3) is 0 Å². The number of piperazine rings is 1. The van der Waals surface area contributed by atoms with Crippen LogP contribution in [0.3, 0.4) is 0 Å². The van der Waals surface area contributed by atoms with E-state index >= 15 is 0 Å². The highest BCUT2D eigenvalue weighted by Gasteiger charge is 2.26. The third-order valence-corrected chi connectivity index (χ3v) is 4.54. The van der Waals surface area contributed by atoms with Crippen LogP contribution in [0, 0.1) is 5.82 Å². The van der Waals surface area contributed by atoms with Crippen LogP contribution in [-0.2, 0) is 11.3 Å². The summed E-state index contributed by atoms with van der Waals surface area (Å²) in [5.41, 5.74) is 6.25. The number of aromatic nitrogens is 1. The van der Waals surface area contributed by atoms with Gasteiger partial charge < -0.3 is 25.0 Å². The summed E-state index contributed by atoms with van der Waals surface area (Å²) in [4.78, 5) is 24.0. The lowest BCUT2D eigenvalue weighted by atomic mass is 10.2. The molecule has 2 N–H and O–H groups in total. The van der Waals surface area contributed by atoms with Crippen molar-refractivity contribution in [2.24, 2.45) is 10.7 Å². The lowest BCUT2D eigenvalue weighted by Gasteiger charge is -2.36. The SMILES string of the molecule is CC(C)(C)OC(=O)N1CCN(C(N)=NCc2ccc(Oc3cccnc3)c(F)c2)CC1.I. The maximum atomic E-state index is 14.4. The average molecular weight is 557 g/mol. The number of amides is 1. The minimum atomic E-state index is -0.525. The lowest BCUT2D eigenvalue weighted by Crippen LogP contribution is -2.53. The van der Waals surface area contributed by atoms with E-state index in [-0.39, 0.29) is 42.4 Å². The first-order valence-corrected chi connectivity index (χ1v) is 10.1. The Hall–Kier alpha value is -2.63. The fourth-order valence-corrected chi connectivity index (χ4v) is 2.98. The highest BCUT2D eigenvalue weighted by Crippen LogP contribution is 2.24. The Balaban J connectivity index is 0.00000363. The first-order chi connectivity index (χ1) is 14.7. The smallest absolute Gasteiger partial charge is 0.410 e. The molecule has 0 aliphatic carbocycles. The number of nitrogens with zero attached hydrogens (tertiary/aromatic N) is 4. The molecule has 1 aromatic carbocycles. The third-order valence-electron chi connectivity index (χ3n) is 4.54. The van der Waals surface area contributed by atoms with Gasteiger partial charge in [-0.25, -0.2) is 14.2 Å². The first kappa shape index (κ1) is 25.6. The van der Waals surface area contributed by atoms with E-state index in [0.717, 1.165) is 0 Å². The molecule has 8 nitrogen and oxygen atoms in total. The number of guanidine groups is 1. The van der Waals surface area contributed by atoms with Crippen molar-refractivity contribution in [3.63, 3.8) is 0 Å². The Kier molecular flexibility index (Phi) is 9.05. The molecule has 0 spiro atoms. The number of carbonyl (C=O) groups is 1. The number of pyridine rings is 1. The average Bonchev–Trinajstić information content (AvgIpc) is 2.73. The van der Waals surface area contributed by atoms with Crippen LogP contribution in [0.15, 0.2) is 47.7 Å². The van der Waals surface area contributed by atoms with Gasteiger partial charge in [0.15, 0.2) is 17.5 Å². The normalized spacial score (nSPS) is 14.6. The molecule has 0 bridgehead atoms. The number of benzene rings is 1. The molecular formula is C22H29FIN5O3. The van der Waals surface area contributed by atoms with Crippen LogP contribution < -0.4 is 10.5 Å². The molecule has 174 valence electrons. The fraction of sp³-hybridized carbons (Fsp3) is 0.409. The first-order valence-electron chi connectivity index (χ1n) is 10.1. The van der Waals surface area contributed by atoms with Gasteiger partial charge in [-0.2, -0.15) is 0 Å². The summed E-state index contributed by atoms with van der Waals surface area (Å²) in [5.74, 6) is 0.454. The van der Waals surface area contributed by atoms with E-state index in [4.69, 9.17) is 15.2 Å². The van der Waals surface area contributed by atoms with Gasteiger partial charge in [0.2, 0.25) is 0 Å². The largest absolute Gasteiger partial charge is 0.453 e. The van der Waals surface area contributed by atoms with E-state index in [1.807, 2.05) is 25.7 Å². The summed E-state index contributed by atoms with van der Waals surface area (Å²) in [5, 5.41) is 0. The van der Waals surface area contributed by atoms with Crippen molar-refractivity contribution in [2.75, 3.05) is 26.2 Å². The number of ether oxygens (including phenoxy) is 2. The van der Waals surface area contributed by atoms with Crippen molar-refractivity contribution in [1.29, 1.82) is 0 Å². The van der Waals surface area contributed by atoms with E-state index in [2.05, 4.69) is 9.98 Å². The lowest BCUT2D eigenvalue weighted by molar-refractivity contribution is 0.0186. The molecule has 2 heterocycles. The van der Waals surface area contributed by atoms with Gasteiger partial charge in [-0.15, -0.1) is 24.0 Å². The molecule has 2 aromatic rings. The predicted molar refractivity (Wildman–Crippen MR) is 131 cm³/mol. The summed E-state index contributed by atoms with van der Waals surface area (Å²) < 4.78 is 25.3. The highest BCUT2D eigenvalue weighted by molar-refractivity contribution is 14.0. The fourth-order valence-electron chi connectivity index (χ4n) is 2.98. The number of halogens is 2. The Morgan fingerprint density at radius 2 is 1.88 bits per heavy atom. The van der Waals surface area contributed by atoms with E-state index in [1.165, 1.54) is 12.3 Å². The molecule has 0 unspecified atom stereocenters. The van der Waals surface area contributed by atoms with Gasteiger partial charge in [0.05, 0.1) is 12.7 Å². The van der Waals surface area contributed by atoms with Gasteiger partial charge in [-0.1, -0.05) is 6.07 Å². The minimum Gasteiger partial charge on any atom is -0.453 e. The van der Waals surface area contributed by atoms with Crippen molar-refractivity contribution < 1.29 is 18.7 Å². The standard InChI is InChI=1S/C22H28FN5O3.HI/c1-22(2,3)31-21(29)28-11-9-27(10-12-28)20(24)26-14-16-6-7-19(18(23)13-16)30-17-5-4-8-25-15-17;/h4-8,13,15H,9-12,14H2,1-3H3,(H2,24,26);1H. The second-order valence-electron chi connectivity index (χ2n) is 8.18. The van der Waals surface area contributed by atoms with Gasteiger partial charge >= 0.3 is 6.09 Å². The summed E-state index contributed by atoms with van der Waals surface area (Å²) in [6.45, 7) is 7.87. The Labute approximate surface area is 204 Å². The Bertz CT molecular complexity index is 929. The number of hydrogen-bond donors (Lipinski definition) is 1. The molecule has 32 heavy (non-hydrogen) atoms. The van der Waals surface area contributed by atoms with E-state index < -0.39 is 11.4 Å². The molecule has 0 radical (unpaired) electrons. The zero-order valence-electron chi connectivity index (χ0n) is 18.5. The van der Waals surface area contributed by atoms with E-state index in [1.54, 1.807) is 35.4 Å². The van der Waals surface area contributed by atoms with Crippen LogP contribution in [0.4, 0.5) is 9.18 Å². The monoisotopic (exact) mass is 557 g/mol. The molecule has 10 heteroatoms. The highest BCUT2D eigenvalue weighted by atomic mass is 127. The summed E-state index contributed by atoms with van der Waals surface area (Å²) in [6, 6.07) is 8.10. The zero-order chi connectivity index (χ0) is 22.4. The van der Waals surface area contributed by atoms with E-state index in [9.17, 15) is 9.18 Å². The van der Waals surface area contributed by atoms with Gasteiger partial charge in [0, 0.05) is 32.4 Å². The van der Waals surface area contributed by atoms with Gasteiger partial charge in [-0.05, 0) is 50.6 Å². The van der Waals surface area contributed by atoms with Crippen LogP contribution >= 0.6 is 24.0 Å². The molecule has 0 saturated carbocycles. The molecule has 1 fully saturated rings. The number of hydrogen-bond acceptors (Lipinski definition) is 5. The predicted octanol–water partition coefficient (Wildman–Crippen LogP) is 4.00. The number of nitrogens with two attached hydrogens (primary N) is 1. The molecule has 1 aliphatic rings. The van der Waals surface area contributed by atoms with Gasteiger partial charge in [0.1, 0.15) is 11.4 Å². The van der Waals surface area contributed by atoms with Crippen molar-refractivity contribution in [2.45, 2.75) is 32.9 Å². The maximum Gasteiger partial charge on any atom is 0.410 e. The van der Waals surface area contributed by atoms with Crippen LogP contribution in [0.5, 0.6) is 11.5 Å². The van der Waals surface area contributed by atoms with Crippen molar-refractivity contribution >= 4 is 36.0 Å². The minimum absolute atomic E-state index is 0. The zero-order valence-corrected chi connectivity index (χ0v) is 20.8. The van der Waals surface area contributed by atoms with Crippen LogP contribution in [-0.4, -0.2) is 58.6 Å². The van der Waals surface area contributed by atoms with Crippen LogP contribution in [0.1, 0.15) is 26.3 Å². The summed E-state index contributed by atoms with van der Waals surface area (Å²) in [6.07, 6.45) is 2.80. The van der Waals surface area contributed by atoms with E-state index in [0.29, 0.717) is 43.5 Å². The summed E-state index contributed by atoms with van der Waals surface area (Å²) in [7, 11) is 0. The quantitative estimate of drug-likeness (QED) is 0.347. The number of carbonyl (C=O) groups excluding carboxylic acids is 1. The Morgan fingerprint density at radius 3 is 2.47 bits per heavy atom. The van der Waals surface area contributed by atoms with Gasteiger partial charge in [0.25, 0.3) is 0 Å². The van der Waals surface area contributed by atoms with Crippen LogP contribution in [0.2, 0.25) is 0 Å². The second kappa shape index (κ2) is 11.3. The third kappa shape index (κ3) is 7.50. The second-order valence-corrected chi connectivity index (χ2v) is 8.18.